The number of likely N-dealkylation sites (tertiary alicyclic amines) is 1. The largest absolute Gasteiger partial charge is 0.297 e. The zero-order chi connectivity index (χ0) is 16.9. The summed E-state index contributed by atoms with van der Waals surface area (Å²) in [6, 6.07) is 13.8. The van der Waals surface area contributed by atoms with Gasteiger partial charge >= 0.3 is 0 Å². The Hall–Kier alpha value is -1.78. The molecule has 1 aliphatic heterocycles. The minimum Gasteiger partial charge on any atom is -0.297 e. The molecule has 0 aliphatic carbocycles. The summed E-state index contributed by atoms with van der Waals surface area (Å²) in [6.45, 7) is 5.61. The number of rotatable bonds is 5. The molecule has 0 N–H and O–H groups in total. The smallest absolute Gasteiger partial charge is 0.127 e. The number of pyridine rings is 1. The van der Waals surface area contributed by atoms with E-state index in [0.717, 1.165) is 43.0 Å². The van der Waals surface area contributed by atoms with Crippen LogP contribution < -0.4 is 0 Å². The lowest BCUT2D eigenvalue weighted by molar-refractivity contribution is 0.105. The Kier molecular flexibility index (Phi) is 5.59. The summed E-state index contributed by atoms with van der Waals surface area (Å²) < 4.78 is 13.9. The molecular weight excluding hydrogens is 301 g/mol. The minimum atomic E-state index is -0.100. The Morgan fingerprint density at radius 1 is 1.21 bits per heavy atom. The summed E-state index contributed by atoms with van der Waals surface area (Å²) in [4.78, 5) is 9.35. The van der Waals surface area contributed by atoms with Crippen molar-refractivity contribution in [1.29, 1.82) is 0 Å². The number of hydrogen-bond donors (Lipinski definition) is 0. The van der Waals surface area contributed by atoms with Gasteiger partial charge in [0.25, 0.3) is 0 Å². The Morgan fingerprint density at radius 3 is 2.83 bits per heavy atom. The average Bonchev–Trinajstić information content (AvgIpc) is 2.57. The van der Waals surface area contributed by atoms with E-state index in [0.29, 0.717) is 12.6 Å². The molecule has 1 atom stereocenters. The van der Waals surface area contributed by atoms with Gasteiger partial charge in [-0.25, -0.2) is 4.39 Å². The fraction of sp³-hybridized carbons (Fsp3) is 0.450. The van der Waals surface area contributed by atoms with Crippen molar-refractivity contribution in [3.63, 3.8) is 0 Å². The van der Waals surface area contributed by atoms with Crippen molar-refractivity contribution < 1.29 is 4.39 Å². The first-order valence-corrected chi connectivity index (χ1v) is 8.70. The predicted molar refractivity (Wildman–Crippen MR) is 95.1 cm³/mol. The maximum Gasteiger partial charge on any atom is 0.127 e. The number of piperidine rings is 1. The molecule has 1 unspecified atom stereocenters. The molecule has 2 aromatic rings. The summed E-state index contributed by atoms with van der Waals surface area (Å²) in [5, 5.41) is 0. The van der Waals surface area contributed by atoms with E-state index >= 15 is 0 Å². The van der Waals surface area contributed by atoms with Crippen LogP contribution in [0, 0.1) is 12.7 Å². The van der Waals surface area contributed by atoms with Gasteiger partial charge in [0.2, 0.25) is 0 Å². The van der Waals surface area contributed by atoms with E-state index in [2.05, 4.69) is 34.0 Å². The van der Waals surface area contributed by atoms with Crippen molar-refractivity contribution in [2.24, 2.45) is 0 Å². The van der Waals surface area contributed by atoms with Crippen LogP contribution in [0.3, 0.4) is 0 Å². The molecule has 0 saturated carbocycles. The molecule has 1 saturated heterocycles. The third-order valence-corrected chi connectivity index (χ3v) is 4.81. The number of likely N-dealkylation sites (N-methyl/N-ethyl adjacent to an activating group) is 1. The maximum atomic E-state index is 13.9. The zero-order valence-corrected chi connectivity index (χ0v) is 14.6. The van der Waals surface area contributed by atoms with Crippen LogP contribution in [0.1, 0.15) is 29.8 Å². The number of nitrogens with zero attached hydrogens (tertiary/aromatic N) is 3. The van der Waals surface area contributed by atoms with Gasteiger partial charge in [0.15, 0.2) is 0 Å². The second kappa shape index (κ2) is 7.86. The molecule has 0 bridgehead atoms. The molecule has 1 aliphatic rings. The molecule has 0 radical (unpaired) electrons. The Morgan fingerprint density at radius 2 is 2.04 bits per heavy atom. The Balaban J connectivity index is 1.59. The van der Waals surface area contributed by atoms with E-state index in [1.165, 1.54) is 6.42 Å². The number of hydrogen-bond acceptors (Lipinski definition) is 3. The van der Waals surface area contributed by atoms with Gasteiger partial charge in [0.1, 0.15) is 5.82 Å². The standard InChI is InChI=1S/C20H26FN3/c1-16-7-5-9-18(22-16)14-23(2)19-10-6-12-24(15-19)13-17-8-3-4-11-20(17)21/h3-5,7-9,11,19H,6,10,12-15H2,1-2H3. The van der Waals surface area contributed by atoms with Gasteiger partial charge < -0.3 is 0 Å². The molecule has 128 valence electrons. The molecular formula is C20H26FN3. The molecule has 24 heavy (non-hydrogen) atoms. The second-order valence-electron chi connectivity index (χ2n) is 6.81. The van der Waals surface area contributed by atoms with Gasteiger partial charge in [-0.2, -0.15) is 0 Å². The van der Waals surface area contributed by atoms with Crippen LogP contribution >= 0.6 is 0 Å². The van der Waals surface area contributed by atoms with Gasteiger partial charge in [-0.05, 0) is 51.6 Å². The fourth-order valence-electron chi connectivity index (χ4n) is 3.47. The first-order chi connectivity index (χ1) is 11.6. The SMILES string of the molecule is Cc1cccc(CN(C)C2CCCN(Cc3ccccc3F)C2)n1. The summed E-state index contributed by atoms with van der Waals surface area (Å²) in [6.07, 6.45) is 2.35. The van der Waals surface area contributed by atoms with Crippen LogP contribution in [-0.2, 0) is 13.1 Å². The van der Waals surface area contributed by atoms with Crippen LogP contribution in [0.4, 0.5) is 4.39 Å². The Bertz CT molecular complexity index is 673. The molecule has 1 aromatic heterocycles. The van der Waals surface area contributed by atoms with Gasteiger partial charge in [-0.3, -0.25) is 14.8 Å². The highest BCUT2D eigenvalue weighted by Crippen LogP contribution is 2.19. The van der Waals surface area contributed by atoms with Gasteiger partial charge in [0, 0.05) is 36.9 Å². The first kappa shape index (κ1) is 17.1. The number of benzene rings is 1. The summed E-state index contributed by atoms with van der Waals surface area (Å²) in [5.74, 6) is -0.100. The molecule has 3 rings (SSSR count). The van der Waals surface area contributed by atoms with Crippen molar-refractivity contribution in [2.75, 3.05) is 20.1 Å². The molecule has 0 amide bonds. The van der Waals surface area contributed by atoms with E-state index < -0.39 is 0 Å². The van der Waals surface area contributed by atoms with Crippen LogP contribution in [0.25, 0.3) is 0 Å². The van der Waals surface area contributed by atoms with Gasteiger partial charge in [-0.1, -0.05) is 24.3 Å². The van der Waals surface area contributed by atoms with Crippen molar-refractivity contribution in [1.82, 2.24) is 14.8 Å². The predicted octanol–water partition coefficient (Wildman–Crippen LogP) is 3.63. The molecule has 2 heterocycles. The van der Waals surface area contributed by atoms with Crippen LogP contribution in [0.2, 0.25) is 0 Å². The fourth-order valence-corrected chi connectivity index (χ4v) is 3.47. The highest BCUT2D eigenvalue weighted by atomic mass is 19.1. The highest BCUT2D eigenvalue weighted by molar-refractivity contribution is 5.17. The van der Waals surface area contributed by atoms with E-state index in [1.807, 2.05) is 25.1 Å². The topological polar surface area (TPSA) is 19.4 Å². The minimum absolute atomic E-state index is 0.100. The van der Waals surface area contributed by atoms with E-state index in [4.69, 9.17) is 0 Å². The third kappa shape index (κ3) is 4.40. The quantitative estimate of drug-likeness (QED) is 0.836. The maximum absolute atomic E-state index is 13.9. The summed E-state index contributed by atoms with van der Waals surface area (Å²) in [5.41, 5.74) is 2.97. The molecule has 3 nitrogen and oxygen atoms in total. The normalized spacial score (nSPS) is 18.9. The van der Waals surface area contributed by atoms with Crippen molar-refractivity contribution in [2.45, 2.75) is 38.9 Å². The lowest BCUT2D eigenvalue weighted by atomic mass is 10.0. The lowest BCUT2D eigenvalue weighted by Gasteiger charge is -2.37. The van der Waals surface area contributed by atoms with Crippen LogP contribution in [0.5, 0.6) is 0 Å². The Labute approximate surface area is 144 Å². The monoisotopic (exact) mass is 327 g/mol. The summed E-state index contributed by atoms with van der Waals surface area (Å²) >= 11 is 0. The average molecular weight is 327 g/mol. The van der Waals surface area contributed by atoms with Crippen molar-refractivity contribution >= 4 is 0 Å². The van der Waals surface area contributed by atoms with Crippen molar-refractivity contribution in [3.05, 3.63) is 65.2 Å². The van der Waals surface area contributed by atoms with E-state index in [9.17, 15) is 4.39 Å². The lowest BCUT2D eigenvalue weighted by Crippen LogP contribution is -2.46. The van der Waals surface area contributed by atoms with Gasteiger partial charge in [0.05, 0.1) is 5.69 Å². The molecule has 1 fully saturated rings. The highest BCUT2D eigenvalue weighted by Gasteiger charge is 2.24. The van der Waals surface area contributed by atoms with Crippen molar-refractivity contribution in [3.8, 4) is 0 Å². The van der Waals surface area contributed by atoms with E-state index in [-0.39, 0.29) is 5.82 Å². The summed E-state index contributed by atoms with van der Waals surface area (Å²) in [7, 11) is 2.17. The van der Waals surface area contributed by atoms with Crippen LogP contribution in [-0.4, -0.2) is 41.0 Å². The number of aromatic nitrogens is 1. The zero-order valence-electron chi connectivity index (χ0n) is 14.6. The van der Waals surface area contributed by atoms with Gasteiger partial charge in [-0.15, -0.1) is 0 Å². The molecule has 4 heteroatoms. The molecule has 0 spiro atoms. The van der Waals surface area contributed by atoms with E-state index in [1.54, 1.807) is 12.1 Å². The first-order valence-electron chi connectivity index (χ1n) is 8.70. The third-order valence-electron chi connectivity index (χ3n) is 4.81. The molecule has 1 aromatic carbocycles. The second-order valence-corrected chi connectivity index (χ2v) is 6.81. The van der Waals surface area contributed by atoms with Crippen LogP contribution in [0.15, 0.2) is 42.5 Å². The number of aryl methyl sites for hydroxylation is 1. The number of halogens is 1.